The van der Waals surface area contributed by atoms with Crippen LogP contribution in [0.1, 0.15) is 31.9 Å². The van der Waals surface area contributed by atoms with Gasteiger partial charge < -0.3 is 19.9 Å². The minimum Gasteiger partial charge on any atom is -0.493 e. The van der Waals surface area contributed by atoms with Crippen LogP contribution in [0, 0.1) is 11.8 Å². The summed E-state index contributed by atoms with van der Waals surface area (Å²) in [6.07, 6.45) is 0.417. The van der Waals surface area contributed by atoms with E-state index >= 15 is 0 Å². The summed E-state index contributed by atoms with van der Waals surface area (Å²) in [5.41, 5.74) is 0.876. The van der Waals surface area contributed by atoms with Gasteiger partial charge in [0.15, 0.2) is 11.5 Å². The minimum atomic E-state index is -0.907. The molecule has 0 unspecified atom stereocenters. The first kappa shape index (κ1) is 16.1. The third-order valence-corrected chi connectivity index (χ3v) is 3.79. The molecule has 0 aromatic heterocycles. The van der Waals surface area contributed by atoms with Crippen molar-refractivity contribution in [2.45, 2.75) is 26.3 Å². The van der Waals surface area contributed by atoms with Gasteiger partial charge >= 0.3 is 5.97 Å². The molecule has 0 aliphatic heterocycles. The zero-order chi connectivity index (χ0) is 16.3. The highest BCUT2D eigenvalue weighted by Gasteiger charge is 2.48. The van der Waals surface area contributed by atoms with Gasteiger partial charge in [0.2, 0.25) is 5.91 Å². The number of ether oxygens (including phenoxy) is 2. The third-order valence-electron chi connectivity index (χ3n) is 3.79. The van der Waals surface area contributed by atoms with Gasteiger partial charge in [-0.2, -0.15) is 0 Å². The summed E-state index contributed by atoms with van der Waals surface area (Å²) in [5.74, 6) is -0.814. The van der Waals surface area contributed by atoms with Crippen molar-refractivity contribution < 1.29 is 24.2 Å². The van der Waals surface area contributed by atoms with Crippen LogP contribution < -0.4 is 14.8 Å². The van der Waals surface area contributed by atoms with Crippen LogP contribution in [0.5, 0.6) is 11.5 Å². The van der Waals surface area contributed by atoms with E-state index in [9.17, 15) is 9.59 Å². The highest BCUT2D eigenvalue weighted by Crippen LogP contribution is 2.39. The van der Waals surface area contributed by atoms with Crippen molar-refractivity contribution in [2.24, 2.45) is 11.8 Å². The van der Waals surface area contributed by atoms with E-state index < -0.39 is 17.8 Å². The Hall–Kier alpha value is -2.24. The van der Waals surface area contributed by atoms with E-state index in [0.717, 1.165) is 5.56 Å². The summed E-state index contributed by atoms with van der Waals surface area (Å²) in [6.45, 7) is 4.29. The number of carboxylic acids is 1. The Kier molecular flexibility index (Phi) is 4.90. The highest BCUT2D eigenvalue weighted by atomic mass is 16.5. The quantitative estimate of drug-likeness (QED) is 0.804. The molecule has 120 valence electrons. The Labute approximate surface area is 129 Å². The number of carbonyl (C=O) groups excluding carboxylic acids is 1. The molecule has 1 saturated carbocycles. The second kappa shape index (κ2) is 6.68. The standard InChI is InChI=1S/C16H21NO5/c1-4-22-13-6-5-10(7-14(13)21-3)9(2)17-15(18)11-8-12(11)16(19)20/h5-7,9,11-12H,4,8H2,1-3H3,(H,17,18)(H,19,20)/t9-,11+,12+/m0/s1. The fraction of sp³-hybridized carbons (Fsp3) is 0.500. The van der Waals surface area contributed by atoms with Gasteiger partial charge in [-0.1, -0.05) is 6.07 Å². The first-order valence-corrected chi connectivity index (χ1v) is 7.31. The summed E-state index contributed by atoms with van der Waals surface area (Å²) in [6, 6.07) is 5.25. The number of benzene rings is 1. The van der Waals surface area contributed by atoms with E-state index in [1.165, 1.54) is 0 Å². The number of nitrogens with one attached hydrogen (secondary N) is 1. The number of hydrogen-bond donors (Lipinski definition) is 2. The third kappa shape index (κ3) is 3.50. The molecule has 1 aliphatic rings. The second-order valence-electron chi connectivity index (χ2n) is 5.36. The molecular formula is C16H21NO5. The van der Waals surface area contributed by atoms with Crippen LogP contribution in [0.4, 0.5) is 0 Å². The smallest absolute Gasteiger partial charge is 0.307 e. The number of carbonyl (C=O) groups is 2. The monoisotopic (exact) mass is 307 g/mol. The summed E-state index contributed by atoms with van der Waals surface area (Å²) in [7, 11) is 1.56. The van der Waals surface area contributed by atoms with Crippen LogP contribution >= 0.6 is 0 Å². The van der Waals surface area contributed by atoms with Crippen LogP contribution in [-0.4, -0.2) is 30.7 Å². The van der Waals surface area contributed by atoms with Gasteiger partial charge in [0.05, 0.1) is 31.6 Å². The van der Waals surface area contributed by atoms with Crippen LogP contribution in [0.2, 0.25) is 0 Å². The van der Waals surface area contributed by atoms with Crippen molar-refractivity contribution >= 4 is 11.9 Å². The molecule has 1 aromatic rings. The lowest BCUT2D eigenvalue weighted by molar-refractivity contribution is -0.140. The zero-order valence-electron chi connectivity index (χ0n) is 13.0. The van der Waals surface area contributed by atoms with E-state index in [1.807, 2.05) is 26.0 Å². The van der Waals surface area contributed by atoms with Crippen LogP contribution in [-0.2, 0) is 9.59 Å². The van der Waals surface area contributed by atoms with E-state index in [0.29, 0.717) is 24.5 Å². The predicted molar refractivity (Wildman–Crippen MR) is 80.0 cm³/mol. The minimum absolute atomic E-state index is 0.215. The number of hydrogen-bond acceptors (Lipinski definition) is 4. The molecule has 1 fully saturated rings. The second-order valence-corrected chi connectivity index (χ2v) is 5.36. The first-order chi connectivity index (χ1) is 10.5. The summed E-state index contributed by atoms with van der Waals surface area (Å²) >= 11 is 0. The Morgan fingerprint density at radius 3 is 2.64 bits per heavy atom. The molecule has 6 heteroatoms. The SMILES string of the molecule is CCOc1ccc([C@H](C)NC(=O)[C@@H]2C[C@H]2C(=O)O)cc1OC. The Morgan fingerprint density at radius 2 is 2.09 bits per heavy atom. The molecule has 0 heterocycles. The topological polar surface area (TPSA) is 84.9 Å². The van der Waals surface area contributed by atoms with Crippen molar-refractivity contribution in [3.05, 3.63) is 23.8 Å². The Balaban J connectivity index is 2.02. The van der Waals surface area contributed by atoms with Crippen LogP contribution in [0.3, 0.4) is 0 Å². The molecule has 3 atom stereocenters. The average molecular weight is 307 g/mol. The van der Waals surface area contributed by atoms with Gasteiger partial charge in [0.1, 0.15) is 0 Å². The van der Waals surface area contributed by atoms with Crippen molar-refractivity contribution in [1.82, 2.24) is 5.32 Å². The van der Waals surface area contributed by atoms with E-state index in [1.54, 1.807) is 13.2 Å². The molecule has 0 radical (unpaired) electrons. The van der Waals surface area contributed by atoms with Gasteiger partial charge in [0.25, 0.3) is 0 Å². The van der Waals surface area contributed by atoms with Crippen LogP contribution in [0.25, 0.3) is 0 Å². The van der Waals surface area contributed by atoms with Crippen molar-refractivity contribution in [3.63, 3.8) is 0 Å². The molecule has 0 saturated heterocycles. The fourth-order valence-corrected chi connectivity index (χ4v) is 2.39. The zero-order valence-corrected chi connectivity index (χ0v) is 13.0. The van der Waals surface area contributed by atoms with E-state index in [2.05, 4.69) is 5.32 Å². The maximum absolute atomic E-state index is 12.0. The van der Waals surface area contributed by atoms with Gasteiger partial charge in [-0.15, -0.1) is 0 Å². The summed E-state index contributed by atoms with van der Waals surface area (Å²) in [4.78, 5) is 22.8. The maximum Gasteiger partial charge on any atom is 0.307 e. The number of aliphatic carboxylic acids is 1. The first-order valence-electron chi connectivity index (χ1n) is 7.31. The number of carboxylic acid groups (broad SMARTS) is 1. The van der Waals surface area contributed by atoms with Crippen LogP contribution in [0.15, 0.2) is 18.2 Å². The average Bonchev–Trinajstić information content (AvgIpc) is 3.28. The summed E-state index contributed by atoms with van der Waals surface area (Å²) < 4.78 is 10.7. The number of rotatable bonds is 7. The van der Waals surface area contributed by atoms with Crippen molar-refractivity contribution in [2.75, 3.05) is 13.7 Å². The molecular weight excluding hydrogens is 286 g/mol. The number of methoxy groups -OCH3 is 1. The lowest BCUT2D eigenvalue weighted by Crippen LogP contribution is -2.29. The van der Waals surface area contributed by atoms with Gasteiger partial charge in [0, 0.05) is 0 Å². The van der Waals surface area contributed by atoms with Crippen molar-refractivity contribution in [1.29, 1.82) is 0 Å². The van der Waals surface area contributed by atoms with Gasteiger partial charge in [-0.25, -0.2) is 0 Å². The van der Waals surface area contributed by atoms with E-state index in [-0.39, 0.29) is 11.9 Å². The van der Waals surface area contributed by atoms with Crippen molar-refractivity contribution in [3.8, 4) is 11.5 Å². The molecule has 2 rings (SSSR count). The molecule has 6 nitrogen and oxygen atoms in total. The molecule has 0 bridgehead atoms. The predicted octanol–water partition coefficient (Wildman–Crippen LogP) is 1.99. The molecule has 1 amide bonds. The molecule has 1 aliphatic carbocycles. The lowest BCUT2D eigenvalue weighted by atomic mass is 10.1. The van der Waals surface area contributed by atoms with E-state index in [4.69, 9.17) is 14.6 Å². The van der Waals surface area contributed by atoms with Gasteiger partial charge in [-0.3, -0.25) is 9.59 Å². The maximum atomic E-state index is 12.0. The largest absolute Gasteiger partial charge is 0.493 e. The molecule has 2 N–H and O–H groups in total. The molecule has 22 heavy (non-hydrogen) atoms. The highest BCUT2D eigenvalue weighted by molar-refractivity contribution is 5.89. The Morgan fingerprint density at radius 1 is 1.36 bits per heavy atom. The fourth-order valence-electron chi connectivity index (χ4n) is 2.39. The molecule has 1 aromatic carbocycles. The normalized spacial score (nSPS) is 20.9. The number of amides is 1. The Bertz CT molecular complexity index is 572. The summed E-state index contributed by atoms with van der Waals surface area (Å²) in [5, 5.41) is 11.7. The van der Waals surface area contributed by atoms with Gasteiger partial charge in [-0.05, 0) is 38.0 Å². The molecule has 0 spiro atoms. The lowest BCUT2D eigenvalue weighted by Gasteiger charge is -2.17.